The zero-order valence-corrected chi connectivity index (χ0v) is 16.8. The molecule has 2 saturated heterocycles. The molecular weight excluding hydrogens is 362 g/mol. The van der Waals surface area contributed by atoms with Crippen LogP contribution < -0.4 is 5.32 Å². The highest BCUT2D eigenvalue weighted by atomic mass is 35.5. The summed E-state index contributed by atoms with van der Waals surface area (Å²) in [6.07, 6.45) is 3.79. The fourth-order valence-electron chi connectivity index (χ4n) is 4.51. The molecule has 7 heteroatoms. The highest BCUT2D eigenvalue weighted by molar-refractivity contribution is 6.05. The number of amides is 1. The van der Waals surface area contributed by atoms with E-state index in [-0.39, 0.29) is 24.4 Å². The summed E-state index contributed by atoms with van der Waals surface area (Å²) in [5.74, 6) is -0.0648. The first-order chi connectivity index (χ1) is 12.6. The van der Waals surface area contributed by atoms with Gasteiger partial charge in [-0.15, -0.1) is 19.0 Å². The molecule has 2 bridgehead atoms. The van der Waals surface area contributed by atoms with Crippen molar-refractivity contribution in [3.63, 3.8) is 0 Å². The van der Waals surface area contributed by atoms with E-state index in [9.17, 15) is 4.79 Å². The largest absolute Gasteiger partial charge is 0.348 e. The van der Waals surface area contributed by atoms with Gasteiger partial charge in [0.05, 0.1) is 12.1 Å². The number of allylic oxidation sites excluding steroid dienone is 1. The number of nitrogens with zero attached hydrogens (tertiary/aromatic N) is 4. The third-order valence-electron chi connectivity index (χ3n) is 5.82. The van der Waals surface area contributed by atoms with Crippen LogP contribution in [0, 0.1) is 0 Å². The first-order valence-electron chi connectivity index (χ1n) is 9.34. The molecule has 1 aromatic carbocycles. The van der Waals surface area contributed by atoms with Crippen molar-refractivity contribution in [1.82, 2.24) is 24.9 Å². The summed E-state index contributed by atoms with van der Waals surface area (Å²) in [5.41, 5.74) is 1.49. The molecule has 2 aliphatic heterocycles. The van der Waals surface area contributed by atoms with Gasteiger partial charge in [-0.2, -0.15) is 5.10 Å². The summed E-state index contributed by atoms with van der Waals surface area (Å²) in [4.78, 5) is 17.9. The Kier molecular flexibility index (Phi) is 5.89. The summed E-state index contributed by atoms with van der Waals surface area (Å²) in [5, 5.41) is 8.72. The summed E-state index contributed by atoms with van der Waals surface area (Å²) in [7, 11) is 4.40. The Morgan fingerprint density at radius 3 is 2.59 bits per heavy atom. The van der Waals surface area contributed by atoms with Crippen LogP contribution in [0.1, 0.15) is 23.3 Å². The number of aromatic nitrogens is 2. The van der Waals surface area contributed by atoms with E-state index in [0.29, 0.717) is 24.3 Å². The van der Waals surface area contributed by atoms with Gasteiger partial charge in [0.2, 0.25) is 0 Å². The van der Waals surface area contributed by atoms with Gasteiger partial charge in [-0.05, 0) is 33.0 Å². The van der Waals surface area contributed by atoms with Gasteiger partial charge in [0, 0.05) is 36.6 Å². The van der Waals surface area contributed by atoms with Crippen LogP contribution in [0.2, 0.25) is 0 Å². The molecule has 1 amide bonds. The number of rotatable bonds is 4. The minimum atomic E-state index is -0.0648. The molecule has 0 unspecified atom stereocenters. The van der Waals surface area contributed by atoms with Crippen LogP contribution in [0.3, 0.4) is 0 Å². The standard InChI is InChI=1S/C20H27N5O.ClH/c1-4-9-25-18-8-6-5-7-17(18)19(22-25)20(26)21-14-10-15-12-23(2)13-16(11-14)24(15)3;/h4-8,14-16H,1,9-13H2,2-3H3,(H,21,26);1H/t14-,15-,16+;. The molecule has 1 N–H and O–H groups in total. The van der Waals surface area contributed by atoms with Crippen molar-refractivity contribution in [3.8, 4) is 0 Å². The number of likely N-dealkylation sites (N-methyl/N-ethyl adjacent to an activating group) is 2. The topological polar surface area (TPSA) is 53.4 Å². The summed E-state index contributed by atoms with van der Waals surface area (Å²) in [6, 6.07) is 9.12. The lowest BCUT2D eigenvalue weighted by Gasteiger charge is -2.50. The van der Waals surface area contributed by atoms with Crippen molar-refractivity contribution in [2.45, 2.75) is 37.5 Å². The maximum atomic E-state index is 13.0. The molecular formula is C20H28ClN5O. The van der Waals surface area contributed by atoms with Gasteiger partial charge in [0.15, 0.2) is 5.69 Å². The smallest absolute Gasteiger partial charge is 0.272 e. The van der Waals surface area contributed by atoms with Gasteiger partial charge in [-0.1, -0.05) is 24.3 Å². The number of benzene rings is 1. The fraction of sp³-hybridized carbons (Fsp3) is 0.500. The monoisotopic (exact) mass is 389 g/mol. The number of carbonyl (C=O) groups is 1. The molecule has 2 fully saturated rings. The van der Waals surface area contributed by atoms with E-state index in [0.717, 1.165) is 36.8 Å². The number of piperazine rings is 1. The van der Waals surface area contributed by atoms with Gasteiger partial charge in [-0.25, -0.2) is 0 Å². The van der Waals surface area contributed by atoms with Crippen LogP contribution in [-0.2, 0) is 6.54 Å². The SMILES string of the molecule is C=CCn1nc(C(=O)N[C@@H]2C[C@@H]3CN(C)C[C@H](C2)N3C)c2ccccc21.Cl. The zero-order chi connectivity index (χ0) is 18.3. The molecule has 6 nitrogen and oxygen atoms in total. The third-order valence-corrected chi connectivity index (χ3v) is 5.82. The Labute approximate surface area is 166 Å². The van der Waals surface area contributed by atoms with E-state index >= 15 is 0 Å². The molecule has 0 aliphatic carbocycles. The molecule has 2 aliphatic rings. The highest BCUT2D eigenvalue weighted by Gasteiger charge is 2.38. The molecule has 0 saturated carbocycles. The maximum absolute atomic E-state index is 13.0. The Balaban J connectivity index is 0.00000210. The van der Waals surface area contributed by atoms with E-state index in [2.05, 4.69) is 40.9 Å². The van der Waals surface area contributed by atoms with E-state index < -0.39 is 0 Å². The molecule has 3 heterocycles. The molecule has 1 aromatic heterocycles. The third kappa shape index (κ3) is 3.74. The first kappa shape index (κ1) is 19.9. The van der Waals surface area contributed by atoms with E-state index in [1.165, 1.54) is 0 Å². The number of para-hydroxylation sites is 1. The van der Waals surface area contributed by atoms with Crippen LogP contribution >= 0.6 is 12.4 Å². The predicted molar refractivity (Wildman–Crippen MR) is 111 cm³/mol. The van der Waals surface area contributed by atoms with Crippen molar-refractivity contribution in [1.29, 1.82) is 0 Å². The van der Waals surface area contributed by atoms with Gasteiger partial charge < -0.3 is 10.2 Å². The van der Waals surface area contributed by atoms with E-state index in [4.69, 9.17) is 0 Å². The second-order valence-electron chi connectivity index (χ2n) is 7.67. The number of likely N-dealkylation sites (tertiary alicyclic amines) is 1. The average molecular weight is 390 g/mol. The zero-order valence-electron chi connectivity index (χ0n) is 16.0. The molecule has 3 atom stereocenters. The lowest BCUT2D eigenvalue weighted by Crippen LogP contribution is -2.63. The summed E-state index contributed by atoms with van der Waals surface area (Å²) >= 11 is 0. The molecule has 4 rings (SSSR count). The van der Waals surface area contributed by atoms with Crippen LogP contribution in [-0.4, -0.2) is 70.8 Å². The molecule has 2 aromatic rings. The Morgan fingerprint density at radius 2 is 1.93 bits per heavy atom. The average Bonchev–Trinajstić information content (AvgIpc) is 2.96. The van der Waals surface area contributed by atoms with Gasteiger partial charge >= 0.3 is 0 Å². The lowest BCUT2D eigenvalue weighted by atomic mass is 9.88. The van der Waals surface area contributed by atoms with E-state index in [1.54, 1.807) is 6.08 Å². The van der Waals surface area contributed by atoms with Crippen molar-refractivity contribution in [2.24, 2.45) is 0 Å². The van der Waals surface area contributed by atoms with Crippen molar-refractivity contribution >= 4 is 29.2 Å². The highest BCUT2D eigenvalue weighted by Crippen LogP contribution is 2.27. The summed E-state index contributed by atoms with van der Waals surface area (Å²) in [6.45, 7) is 6.51. The molecule has 0 spiro atoms. The number of fused-ring (bicyclic) bond motifs is 3. The number of hydrogen-bond acceptors (Lipinski definition) is 4. The van der Waals surface area contributed by atoms with Crippen LogP contribution in [0.25, 0.3) is 10.9 Å². The second-order valence-corrected chi connectivity index (χ2v) is 7.67. The number of halogens is 1. The first-order valence-corrected chi connectivity index (χ1v) is 9.34. The normalized spacial score (nSPS) is 25.8. The van der Waals surface area contributed by atoms with Crippen LogP contribution in [0.4, 0.5) is 0 Å². The van der Waals surface area contributed by atoms with Crippen molar-refractivity contribution in [2.75, 3.05) is 27.2 Å². The predicted octanol–water partition coefficient (Wildman–Crippen LogP) is 2.15. The number of hydrogen-bond donors (Lipinski definition) is 1. The van der Waals surface area contributed by atoms with Crippen molar-refractivity contribution in [3.05, 3.63) is 42.6 Å². The number of carbonyl (C=O) groups excluding carboxylic acids is 1. The quantitative estimate of drug-likeness (QED) is 0.814. The summed E-state index contributed by atoms with van der Waals surface area (Å²) < 4.78 is 1.84. The lowest BCUT2D eigenvalue weighted by molar-refractivity contribution is 0.00837. The van der Waals surface area contributed by atoms with Gasteiger partial charge in [0.25, 0.3) is 5.91 Å². The van der Waals surface area contributed by atoms with Crippen molar-refractivity contribution < 1.29 is 4.79 Å². The van der Waals surface area contributed by atoms with Gasteiger partial charge in [0.1, 0.15) is 0 Å². The minimum Gasteiger partial charge on any atom is -0.348 e. The number of piperidine rings is 1. The Bertz CT molecular complexity index is 819. The molecule has 27 heavy (non-hydrogen) atoms. The van der Waals surface area contributed by atoms with E-state index in [1.807, 2.05) is 28.9 Å². The van der Waals surface area contributed by atoms with Crippen LogP contribution in [0.15, 0.2) is 36.9 Å². The minimum absolute atomic E-state index is 0. The van der Waals surface area contributed by atoms with Gasteiger partial charge in [-0.3, -0.25) is 14.4 Å². The fourth-order valence-corrected chi connectivity index (χ4v) is 4.51. The molecule has 0 radical (unpaired) electrons. The second kappa shape index (κ2) is 8.00. The number of nitrogens with one attached hydrogen (secondary N) is 1. The maximum Gasteiger partial charge on any atom is 0.272 e. The van der Waals surface area contributed by atoms with Crippen LogP contribution in [0.5, 0.6) is 0 Å². The molecule has 146 valence electrons. The Morgan fingerprint density at radius 1 is 1.26 bits per heavy atom. The Hall–Kier alpha value is -1.89.